The summed E-state index contributed by atoms with van der Waals surface area (Å²) < 4.78 is 5.36. The van der Waals surface area contributed by atoms with Gasteiger partial charge in [0.25, 0.3) is 0 Å². The first kappa shape index (κ1) is 14.5. The van der Waals surface area contributed by atoms with E-state index >= 15 is 0 Å². The number of aromatic nitrogens is 1. The van der Waals surface area contributed by atoms with Crippen LogP contribution in [0, 0.1) is 0 Å². The lowest BCUT2D eigenvalue weighted by Crippen LogP contribution is -2.42. The van der Waals surface area contributed by atoms with Crippen molar-refractivity contribution in [2.45, 2.75) is 46.3 Å². The third-order valence-corrected chi connectivity index (χ3v) is 2.11. The van der Waals surface area contributed by atoms with Crippen LogP contribution in [0.1, 0.15) is 34.6 Å². The standard InChI is InChI=1S/C13H19BN2O2/c1-9(2)16(12(17)18-13(3,4)5)11-8-6-7-10(14)15-11/h6-9H,1-5H3. The Morgan fingerprint density at radius 2 is 2.00 bits per heavy atom. The smallest absolute Gasteiger partial charge is 0.416 e. The van der Waals surface area contributed by atoms with E-state index in [1.54, 1.807) is 18.2 Å². The van der Waals surface area contributed by atoms with Crippen LogP contribution in [-0.4, -0.2) is 30.6 Å². The van der Waals surface area contributed by atoms with Gasteiger partial charge < -0.3 is 4.74 Å². The molecular formula is C13H19BN2O2. The van der Waals surface area contributed by atoms with Gasteiger partial charge in [-0.05, 0) is 46.3 Å². The lowest BCUT2D eigenvalue weighted by molar-refractivity contribution is 0.0569. The minimum atomic E-state index is -0.537. The fourth-order valence-corrected chi connectivity index (χ4v) is 1.45. The van der Waals surface area contributed by atoms with Crippen LogP contribution >= 0.6 is 0 Å². The third kappa shape index (κ3) is 4.06. The molecule has 0 aliphatic rings. The number of rotatable bonds is 2. The Bertz CT molecular complexity index is 427. The fourth-order valence-electron chi connectivity index (χ4n) is 1.45. The van der Waals surface area contributed by atoms with E-state index < -0.39 is 11.7 Å². The van der Waals surface area contributed by atoms with Crippen molar-refractivity contribution in [3.05, 3.63) is 18.2 Å². The Balaban J connectivity index is 3.00. The van der Waals surface area contributed by atoms with E-state index in [1.807, 2.05) is 34.6 Å². The second-order valence-corrected chi connectivity index (χ2v) is 5.36. The van der Waals surface area contributed by atoms with Crippen molar-refractivity contribution in [1.29, 1.82) is 0 Å². The largest absolute Gasteiger partial charge is 0.443 e. The highest BCUT2D eigenvalue weighted by molar-refractivity contribution is 6.30. The molecule has 1 aromatic rings. The van der Waals surface area contributed by atoms with E-state index in [1.165, 1.54) is 4.90 Å². The molecule has 18 heavy (non-hydrogen) atoms. The number of carbonyl (C=O) groups is 1. The minimum absolute atomic E-state index is 0.0610. The molecule has 2 radical (unpaired) electrons. The van der Waals surface area contributed by atoms with E-state index in [-0.39, 0.29) is 6.04 Å². The first-order chi connectivity index (χ1) is 8.20. The summed E-state index contributed by atoms with van der Waals surface area (Å²) in [5, 5.41) is 0. The van der Waals surface area contributed by atoms with Crippen LogP contribution in [-0.2, 0) is 4.74 Å². The molecule has 0 bridgehead atoms. The third-order valence-electron chi connectivity index (χ3n) is 2.11. The number of ether oxygens (including phenoxy) is 1. The second kappa shape index (κ2) is 5.42. The van der Waals surface area contributed by atoms with Gasteiger partial charge in [-0.2, -0.15) is 0 Å². The van der Waals surface area contributed by atoms with Crippen molar-refractivity contribution in [2.24, 2.45) is 0 Å². The molecule has 0 saturated carbocycles. The lowest BCUT2D eigenvalue weighted by Gasteiger charge is -2.29. The van der Waals surface area contributed by atoms with E-state index in [2.05, 4.69) is 4.98 Å². The fraction of sp³-hybridized carbons (Fsp3) is 0.538. The predicted octanol–water partition coefficient (Wildman–Crippen LogP) is 2.03. The van der Waals surface area contributed by atoms with Crippen LogP contribution in [0.4, 0.5) is 10.6 Å². The maximum atomic E-state index is 12.1. The number of hydrogen-bond donors (Lipinski definition) is 0. The highest BCUT2D eigenvalue weighted by Gasteiger charge is 2.26. The van der Waals surface area contributed by atoms with Gasteiger partial charge >= 0.3 is 6.09 Å². The van der Waals surface area contributed by atoms with Gasteiger partial charge in [-0.1, -0.05) is 12.1 Å². The molecule has 0 unspecified atom stereocenters. The molecule has 0 aliphatic carbocycles. The van der Waals surface area contributed by atoms with Crippen LogP contribution in [0.3, 0.4) is 0 Å². The average molecular weight is 246 g/mol. The SMILES string of the molecule is [B]c1cccc(N(C(=O)OC(C)(C)C)C(C)C)n1. The van der Waals surface area contributed by atoms with Crippen molar-refractivity contribution in [3.63, 3.8) is 0 Å². The van der Waals surface area contributed by atoms with Crippen LogP contribution in [0.15, 0.2) is 18.2 Å². The molecule has 0 aliphatic heterocycles. The number of amides is 1. The van der Waals surface area contributed by atoms with Crippen LogP contribution < -0.4 is 10.5 Å². The van der Waals surface area contributed by atoms with E-state index in [9.17, 15) is 4.79 Å². The quantitative estimate of drug-likeness (QED) is 0.750. The Labute approximate surface area is 110 Å². The van der Waals surface area contributed by atoms with Gasteiger partial charge in [0.15, 0.2) is 0 Å². The summed E-state index contributed by atoms with van der Waals surface area (Å²) >= 11 is 0. The molecule has 1 amide bonds. The van der Waals surface area contributed by atoms with Gasteiger partial charge in [-0.3, -0.25) is 4.90 Å². The predicted molar refractivity (Wildman–Crippen MR) is 73.5 cm³/mol. The number of anilines is 1. The molecular weight excluding hydrogens is 227 g/mol. The van der Waals surface area contributed by atoms with E-state index in [4.69, 9.17) is 12.6 Å². The topological polar surface area (TPSA) is 42.4 Å². The lowest BCUT2D eigenvalue weighted by atomic mass is 10.0. The zero-order valence-electron chi connectivity index (χ0n) is 11.6. The molecule has 5 heteroatoms. The van der Waals surface area contributed by atoms with E-state index in [0.29, 0.717) is 11.4 Å². The molecule has 1 rings (SSSR count). The highest BCUT2D eigenvalue weighted by atomic mass is 16.6. The van der Waals surface area contributed by atoms with Crippen molar-refractivity contribution in [2.75, 3.05) is 4.90 Å². The van der Waals surface area contributed by atoms with Crippen molar-refractivity contribution in [3.8, 4) is 0 Å². The molecule has 0 saturated heterocycles. The van der Waals surface area contributed by atoms with Gasteiger partial charge in [-0.25, -0.2) is 9.78 Å². The summed E-state index contributed by atoms with van der Waals surface area (Å²) in [6.45, 7) is 9.28. The van der Waals surface area contributed by atoms with Crippen LogP contribution in [0.25, 0.3) is 0 Å². The zero-order chi connectivity index (χ0) is 13.9. The van der Waals surface area contributed by atoms with Gasteiger partial charge in [0, 0.05) is 6.04 Å². The molecule has 0 N–H and O–H groups in total. The number of pyridine rings is 1. The van der Waals surface area contributed by atoms with Gasteiger partial charge in [-0.15, -0.1) is 0 Å². The molecule has 0 spiro atoms. The molecule has 1 heterocycles. The second-order valence-electron chi connectivity index (χ2n) is 5.36. The maximum absolute atomic E-state index is 12.1. The van der Waals surface area contributed by atoms with Gasteiger partial charge in [0.1, 0.15) is 19.3 Å². The average Bonchev–Trinajstić information content (AvgIpc) is 2.13. The molecule has 1 aromatic heterocycles. The highest BCUT2D eigenvalue weighted by Crippen LogP contribution is 2.17. The Hall–Kier alpha value is -1.52. The number of carbonyl (C=O) groups excluding carboxylic acids is 1. The molecule has 0 fully saturated rings. The van der Waals surface area contributed by atoms with Crippen molar-refractivity contribution >= 4 is 25.4 Å². The van der Waals surface area contributed by atoms with Gasteiger partial charge in [0.2, 0.25) is 0 Å². The first-order valence-corrected chi connectivity index (χ1v) is 5.95. The summed E-state index contributed by atoms with van der Waals surface area (Å²) in [5.74, 6) is 0.499. The number of nitrogens with zero attached hydrogens (tertiary/aromatic N) is 2. The molecule has 0 atom stereocenters. The first-order valence-electron chi connectivity index (χ1n) is 5.95. The zero-order valence-corrected chi connectivity index (χ0v) is 11.6. The number of hydrogen-bond acceptors (Lipinski definition) is 3. The van der Waals surface area contributed by atoms with Crippen molar-refractivity contribution < 1.29 is 9.53 Å². The van der Waals surface area contributed by atoms with E-state index in [0.717, 1.165) is 0 Å². The Morgan fingerprint density at radius 3 is 2.44 bits per heavy atom. The monoisotopic (exact) mass is 246 g/mol. The van der Waals surface area contributed by atoms with Crippen molar-refractivity contribution in [1.82, 2.24) is 4.98 Å². The molecule has 96 valence electrons. The summed E-state index contributed by atoms with van der Waals surface area (Å²) in [5.41, 5.74) is -0.161. The van der Waals surface area contributed by atoms with Crippen LogP contribution in [0.5, 0.6) is 0 Å². The van der Waals surface area contributed by atoms with Crippen LogP contribution in [0.2, 0.25) is 0 Å². The summed E-state index contributed by atoms with van der Waals surface area (Å²) in [6.07, 6.45) is -0.421. The normalized spacial score (nSPS) is 11.4. The molecule has 4 nitrogen and oxygen atoms in total. The Kier molecular flexibility index (Phi) is 4.38. The summed E-state index contributed by atoms with van der Waals surface area (Å²) in [6, 6.07) is 5.11. The summed E-state index contributed by atoms with van der Waals surface area (Å²) in [7, 11) is 5.63. The molecule has 0 aromatic carbocycles. The summed E-state index contributed by atoms with van der Waals surface area (Å²) in [4.78, 5) is 17.8. The van der Waals surface area contributed by atoms with Gasteiger partial charge in [0.05, 0.1) is 0 Å². The minimum Gasteiger partial charge on any atom is -0.443 e. The maximum Gasteiger partial charge on any atom is 0.416 e. The Morgan fingerprint density at radius 1 is 1.39 bits per heavy atom.